The normalized spacial score (nSPS) is 11.1. The van der Waals surface area contributed by atoms with Crippen LogP contribution in [0.3, 0.4) is 0 Å². The number of hydrogen-bond acceptors (Lipinski definition) is 4. The van der Waals surface area contributed by atoms with Crippen LogP contribution in [0.15, 0.2) is 23.3 Å². The van der Waals surface area contributed by atoms with Crippen LogP contribution in [0.25, 0.3) is 0 Å². The van der Waals surface area contributed by atoms with Gasteiger partial charge in [0.25, 0.3) is 0 Å². The predicted molar refractivity (Wildman–Crippen MR) is 114 cm³/mol. The second-order valence-corrected chi connectivity index (χ2v) is 5.63. The van der Waals surface area contributed by atoms with Crippen LogP contribution in [0, 0.1) is 0 Å². The second kappa shape index (κ2) is 16.8. The quantitative estimate of drug-likeness (QED) is 0.157. The van der Waals surface area contributed by atoms with Gasteiger partial charge in [-0.15, -0.1) is 24.0 Å². The number of pyridine rings is 1. The predicted octanol–water partition coefficient (Wildman–Crippen LogP) is 2.89. The lowest BCUT2D eigenvalue weighted by Crippen LogP contribution is -2.39. The molecule has 0 amide bonds. The number of rotatable bonds is 12. The Labute approximate surface area is 173 Å². The lowest BCUT2D eigenvalue weighted by molar-refractivity contribution is 0.0487. The number of nitrogens with one attached hydrogen (secondary N) is 2. The van der Waals surface area contributed by atoms with Gasteiger partial charge >= 0.3 is 0 Å². The molecule has 0 saturated carbocycles. The highest BCUT2D eigenvalue weighted by atomic mass is 127. The standard InChI is InChI=1S/C17H29ClN4O2.HI/c1-3-4-10-23-12-13-24-11-9-21-17(19-2)20-8-7-15-5-6-16(18)22-14-15;/h5-6,14H,3-4,7-13H2,1-2H3,(H2,19,20,21);1H. The Morgan fingerprint density at radius 2 is 1.84 bits per heavy atom. The molecule has 0 radical (unpaired) electrons. The van der Waals surface area contributed by atoms with E-state index in [-0.39, 0.29) is 24.0 Å². The summed E-state index contributed by atoms with van der Waals surface area (Å²) in [5, 5.41) is 6.98. The fourth-order valence-corrected chi connectivity index (χ4v) is 2.02. The smallest absolute Gasteiger partial charge is 0.191 e. The Hall–Kier alpha value is -0.640. The summed E-state index contributed by atoms with van der Waals surface area (Å²) in [5.41, 5.74) is 1.13. The number of aliphatic imine (C=N–C) groups is 1. The van der Waals surface area contributed by atoms with Crippen LogP contribution in [-0.2, 0) is 15.9 Å². The highest BCUT2D eigenvalue weighted by Gasteiger charge is 1.98. The molecule has 0 spiro atoms. The SMILES string of the molecule is CCCCOCCOCCNC(=NC)NCCc1ccc(Cl)nc1.I. The number of guanidine groups is 1. The van der Waals surface area contributed by atoms with Gasteiger partial charge in [0.05, 0.1) is 19.8 Å². The second-order valence-electron chi connectivity index (χ2n) is 5.24. The van der Waals surface area contributed by atoms with E-state index in [1.807, 2.05) is 6.07 Å². The Morgan fingerprint density at radius 3 is 2.48 bits per heavy atom. The third-order valence-electron chi connectivity index (χ3n) is 3.27. The third kappa shape index (κ3) is 13.3. The van der Waals surface area contributed by atoms with Crippen molar-refractivity contribution >= 4 is 41.5 Å². The number of hydrogen-bond donors (Lipinski definition) is 2. The van der Waals surface area contributed by atoms with Crippen molar-refractivity contribution < 1.29 is 9.47 Å². The van der Waals surface area contributed by atoms with Crippen LogP contribution in [0.4, 0.5) is 0 Å². The molecule has 0 aliphatic carbocycles. The molecule has 0 bridgehead atoms. The van der Waals surface area contributed by atoms with Crippen molar-refractivity contribution in [2.75, 3.05) is 46.6 Å². The molecule has 2 N–H and O–H groups in total. The van der Waals surface area contributed by atoms with Crippen LogP contribution >= 0.6 is 35.6 Å². The van der Waals surface area contributed by atoms with E-state index in [1.54, 1.807) is 19.3 Å². The van der Waals surface area contributed by atoms with Gasteiger partial charge in [-0.05, 0) is 24.5 Å². The molecule has 25 heavy (non-hydrogen) atoms. The lowest BCUT2D eigenvalue weighted by atomic mass is 10.2. The topological polar surface area (TPSA) is 67.8 Å². The van der Waals surface area contributed by atoms with Crippen LogP contribution in [0.5, 0.6) is 0 Å². The zero-order chi connectivity index (χ0) is 17.5. The van der Waals surface area contributed by atoms with Crippen molar-refractivity contribution in [2.24, 2.45) is 4.99 Å². The minimum absolute atomic E-state index is 0. The van der Waals surface area contributed by atoms with Gasteiger partial charge in [0.2, 0.25) is 0 Å². The first-order valence-corrected chi connectivity index (χ1v) is 8.84. The van der Waals surface area contributed by atoms with E-state index in [0.29, 0.717) is 31.5 Å². The van der Waals surface area contributed by atoms with Gasteiger partial charge in [-0.25, -0.2) is 4.98 Å². The molecule has 6 nitrogen and oxygen atoms in total. The molecule has 0 aliphatic rings. The fraction of sp³-hybridized carbons (Fsp3) is 0.647. The molecule has 0 fully saturated rings. The molecule has 8 heteroatoms. The van der Waals surface area contributed by atoms with E-state index in [2.05, 4.69) is 27.5 Å². The first kappa shape index (κ1) is 24.4. The molecule has 0 atom stereocenters. The number of unbranched alkanes of at least 4 members (excludes halogenated alkanes) is 1. The first-order valence-electron chi connectivity index (χ1n) is 8.46. The van der Waals surface area contributed by atoms with Gasteiger partial charge in [-0.1, -0.05) is 31.0 Å². The summed E-state index contributed by atoms with van der Waals surface area (Å²) in [6, 6.07) is 3.77. The van der Waals surface area contributed by atoms with Crippen molar-refractivity contribution in [3.05, 3.63) is 29.0 Å². The monoisotopic (exact) mass is 484 g/mol. The number of nitrogens with zero attached hydrogens (tertiary/aromatic N) is 2. The molecule has 0 aliphatic heterocycles. The summed E-state index contributed by atoms with van der Waals surface area (Å²) in [6.45, 7) is 6.35. The van der Waals surface area contributed by atoms with Gasteiger partial charge in [0.1, 0.15) is 5.15 Å². The highest BCUT2D eigenvalue weighted by Crippen LogP contribution is 2.05. The third-order valence-corrected chi connectivity index (χ3v) is 3.50. The van der Waals surface area contributed by atoms with Gasteiger partial charge in [0, 0.05) is 32.9 Å². The van der Waals surface area contributed by atoms with Crippen molar-refractivity contribution in [3.63, 3.8) is 0 Å². The molecule has 1 aromatic rings. The van der Waals surface area contributed by atoms with Gasteiger partial charge < -0.3 is 20.1 Å². The van der Waals surface area contributed by atoms with Gasteiger partial charge in [-0.2, -0.15) is 0 Å². The highest BCUT2D eigenvalue weighted by molar-refractivity contribution is 14.0. The zero-order valence-electron chi connectivity index (χ0n) is 15.1. The molecule has 1 rings (SSSR count). The van der Waals surface area contributed by atoms with E-state index in [1.165, 1.54) is 0 Å². The maximum Gasteiger partial charge on any atom is 0.191 e. The Kier molecular flexibility index (Phi) is 16.4. The largest absolute Gasteiger partial charge is 0.379 e. The molecule has 0 saturated heterocycles. The molecule has 1 heterocycles. The summed E-state index contributed by atoms with van der Waals surface area (Å²) in [4.78, 5) is 8.24. The molecular weight excluding hydrogens is 455 g/mol. The summed E-state index contributed by atoms with van der Waals surface area (Å²) in [6.07, 6.45) is 4.91. The average molecular weight is 485 g/mol. The maximum absolute atomic E-state index is 5.77. The minimum Gasteiger partial charge on any atom is -0.379 e. The Balaban J connectivity index is 0.00000576. The Morgan fingerprint density at radius 1 is 1.12 bits per heavy atom. The summed E-state index contributed by atoms with van der Waals surface area (Å²) < 4.78 is 10.9. The van der Waals surface area contributed by atoms with Crippen LogP contribution in [-0.4, -0.2) is 57.5 Å². The van der Waals surface area contributed by atoms with Gasteiger partial charge in [0.15, 0.2) is 5.96 Å². The van der Waals surface area contributed by atoms with E-state index in [4.69, 9.17) is 21.1 Å². The van der Waals surface area contributed by atoms with Crippen LogP contribution < -0.4 is 10.6 Å². The number of aromatic nitrogens is 1. The molecular formula is C17H30ClIN4O2. The molecule has 0 aromatic carbocycles. The Bertz CT molecular complexity index is 460. The number of ether oxygens (including phenoxy) is 2. The molecule has 0 unspecified atom stereocenters. The first-order chi connectivity index (χ1) is 11.8. The zero-order valence-corrected chi connectivity index (χ0v) is 18.2. The van der Waals surface area contributed by atoms with Crippen molar-refractivity contribution in [1.82, 2.24) is 15.6 Å². The van der Waals surface area contributed by atoms with Crippen LogP contribution in [0.2, 0.25) is 5.15 Å². The lowest BCUT2D eigenvalue weighted by Gasteiger charge is -2.12. The van der Waals surface area contributed by atoms with Gasteiger partial charge in [-0.3, -0.25) is 4.99 Å². The fourth-order valence-electron chi connectivity index (χ4n) is 1.91. The summed E-state index contributed by atoms with van der Waals surface area (Å²) in [7, 11) is 1.75. The minimum atomic E-state index is 0. The number of halogens is 2. The van der Waals surface area contributed by atoms with Crippen molar-refractivity contribution in [2.45, 2.75) is 26.2 Å². The summed E-state index contributed by atoms with van der Waals surface area (Å²) in [5.74, 6) is 0.764. The van der Waals surface area contributed by atoms with Crippen molar-refractivity contribution in [3.8, 4) is 0 Å². The summed E-state index contributed by atoms with van der Waals surface area (Å²) >= 11 is 5.77. The van der Waals surface area contributed by atoms with E-state index in [0.717, 1.165) is 43.9 Å². The molecule has 1 aromatic heterocycles. The van der Waals surface area contributed by atoms with E-state index in [9.17, 15) is 0 Å². The van der Waals surface area contributed by atoms with E-state index < -0.39 is 0 Å². The van der Waals surface area contributed by atoms with E-state index >= 15 is 0 Å². The molecule has 144 valence electrons. The average Bonchev–Trinajstić information content (AvgIpc) is 2.60. The maximum atomic E-state index is 5.77. The van der Waals surface area contributed by atoms with Crippen molar-refractivity contribution in [1.29, 1.82) is 0 Å². The van der Waals surface area contributed by atoms with Crippen LogP contribution in [0.1, 0.15) is 25.3 Å².